The molecule has 0 unspecified atom stereocenters. The van der Waals surface area contributed by atoms with Crippen LogP contribution in [-0.4, -0.2) is 51.9 Å². The minimum absolute atomic E-state index is 0.139. The van der Waals surface area contributed by atoms with Gasteiger partial charge < -0.3 is 15.0 Å². The van der Waals surface area contributed by atoms with Gasteiger partial charge in [-0.15, -0.1) is 21.5 Å². The number of fused-ring (bicyclic) bond motifs is 1. The number of thioether (sulfide) groups is 1. The standard InChI is InChI=1S/C23H23N5O2S3/c1-30-18-10-4-2-8-16(18)25-22-26-27-23(33-22)31-14-20(29)28-12-6-7-15(13-28)21-24-17-9-3-5-11-19(17)32-21/h2-5,8-11,15H,6-7,12-14H2,1H3,(H,25,26)/t15-/m0/s1. The Labute approximate surface area is 204 Å². The van der Waals surface area contributed by atoms with Crippen molar-refractivity contribution in [1.29, 1.82) is 0 Å². The van der Waals surface area contributed by atoms with Gasteiger partial charge in [0.1, 0.15) is 5.75 Å². The summed E-state index contributed by atoms with van der Waals surface area (Å²) in [6.07, 6.45) is 2.08. The number of carbonyl (C=O) groups excluding carboxylic acids is 1. The van der Waals surface area contributed by atoms with Crippen LogP contribution >= 0.6 is 34.4 Å². The summed E-state index contributed by atoms with van der Waals surface area (Å²) in [6, 6.07) is 15.9. The van der Waals surface area contributed by atoms with Crippen LogP contribution < -0.4 is 10.1 Å². The fourth-order valence-corrected chi connectivity index (χ4v) is 6.63. The molecule has 5 rings (SSSR count). The number of aromatic nitrogens is 3. The SMILES string of the molecule is COc1ccccc1Nc1nnc(SCC(=O)N2CCC[C@H](c3nc4ccccc4s3)C2)s1. The van der Waals surface area contributed by atoms with E-state index >= 15 is 0 Å². The number of ether oxygens (including phenoxy) is 1. The van der Waals surface area contributed by atoms with Crippen molar-refractivity contribution in [3.8, 4) is 5.75 Å². The first-order chi connectivity index (χ1) is 16.2. The molecule has 3 heterocycles. The number of piperidine rings is 1. The Morgan fingerprint density at radius 2 is 2.03 bits per heavy atom. The van der Waals surface area contributed by atoms with Gasteiger partial charge in [0, 0.05) is 19.0 Å². The number of anilines is 2. The summed E-state index contributed by atoms with van der Waals surface area (Å²) < 4.78 is 7.34. The van der Waals surface area contributed by atoms with Crippen LogP contribution in [0, 0.1) is 0 Å². The number of nitrogens with one attached hydrogen (secondary N) is 1. The highest BCUT2D eigenvalue weighted by Gasteiger charge is 2.27. The quantitative estimate of drug-likeness (QED) is 0.343. The van der Waals surface area contributed by atoms with Gasteiger partial charge in [-0.1, -0.05) is 47.4 Å². The van der Waals surface area contributed by atoms with Crippen LogP contribution in [-0.2, 0) is 4.79 Å². The van der Waals surface area contributed by atoms with E-state index in [0.717, 1.165) is 52.2 Å². The minimum Gasteiger partial charge on any atom is -0.495 e. The average molecular weight is 498 g/mol. The fraction of sp³-hybridized carbons (Fsp3) is 0.304. The second-order valence-corrected chi connectivity index (χ2v) is 10.9. The maximum Gasteiger partial charge on any atom is 0.233 e. The molecule has 33 heavy (non-hydrogen) atoms. The number of para-hydroxylation sites is 3. The number of benzene rings is 2. The third-order valence-corrected chi connectivity index (χ3v) is 8.66. The lowest BCUT2D eigenvalue weighted by Gasteiger charge is -2.31. The van der Waals surface area contributed by atoms with E-state index in [1.54, 1.807) is 18.4 Å². The van der Waals surface area contributed by atoms with Crippen LogP contribution in [0.15, 0.2) is 52.9 Å². The van der Waals surface area contributed by atoms with E-state index in [2.05, 4.69) is 27.6 Å². The van der Waals surface area contributed by atoms with Crippen molar-refractivity contribution < 1.29 is 9.53 Å². The fourth-order valence-electron chi connectivity index (χ4n) is 3.87. The Bertz CT molecular complexity index is 1220. The number of thiazole rings is 1. The second kappa shape index (κ2) is 10.1. The number of hydrogen-bond donors (Lipinski definition) is 1. The zero-order valence-corrected chi connectivity index (χ0v) is 20.5. The maximum atomic E-state index is 12.9. The van der Waals surface area contributed by atoms with Crippen molar-refractivity contribution in [2.75, 3.05) is 31.3 Å². The Balaban J connectivity index is 1.17. The molecule has 1 atom stereocenters. The van der Waals surface area contributed by atoms with Crippen LogP contribution in [0.2, 0.25) is 0 Å². The Hall–Kier alpha value is -2.69. The average Bonchev–Trinajstić information content (AvgIpc) is 3.50. The van der Waals surface area contributed by atoms with Gasteiger partial charge >= 0.3 is 0 Å². The van der Waals surface area contributed by atoms with Crippen LogP contribution in [0.25, 0.3) is 10.2 Å². The first kappa shape index (κ1) is 22.1. The highest BCUT2D eigenvalue weighted by atomic mass is 32.2. The molecular weight excluding hydrogens is 474 g/mol. The topological polar surface area (TPSA) is 80.2 Å². The molecule has 1 saturated heterocycles. The summed E-state index contributed by atoms with van der Waals surface area (Å²) >= 11 is 4.61. The van der Waals surface area contributed by atoms with E-state index in [-0.39, 0.29) is 5.91 Å². The molecule has 2 aromatic heterocycles. The summed E-state index contributed by atoms with van der Waals surface area (Å²) in [6.45, 7) is 1.54. The third kappa shape index (κ3) is 5.13. The molecule has 0 saturated carbocycles. The first-order valence-corrected chi connectivity index (χ1v) is 13.3. The van der Waals surface area contributed by atoms with E-state index in [0.29, 0.717) is 16.8 Å². The number of nitrogens with zero attached hydrogens (tertiary/aromatic N) is 4. The van der Waals surface area contributed by atoms with Crippen LogP contribution in [0.5, 0.6) is 5.75 Å². The summed E-state index contributed by atoms with van der Waals surface area (Å²) in [5.41, 5.74) is 1.88. The van der Waals surface area contributed by atoms with E-state index in [1.165, 1.54) is 27.8 Å². The van der Waals surface area contributed by atoms with Crippen molar-refractivity contribution in [1.82, 2.24) is 20.1 Å². The maximum absolute atomic E-state index is 12.9. The van der Waals surface area contributed by atoms with E-state index in [4.69, 9.17) is 9.72 Å². The van der Waals surface area contributed by atoms with Gasteiger partial charge in [-0.2, -0.15) is 0 Å². The van der Waals surface area contributed by atoms with Gasteiger partial charge in [-0.05, 0) is 37.1 Å². The van der Waals surface area contributed by atoms with Crippen molar-refractivity contribution in [3.63, 3.8) is 0 Å². The van der Waals surface area contributed by atoms with Gasteiger partial charge in [0.15, 0.2) is 4.34 Å². The Kier molecular flexibility index (Phi) is 6.75. The molecule has 1 fully saturated rings. The van der Waals surface area contributed by atoms with Crippen LogP contribution in [0.4, 0.5) is 10.8 Å². The van der Waals surface area contributed by atoms with Gasteiger partial charge in [-0.3, -0.25) is 4.79 Å². The smallest absolute Gasteiger partial charge is 0.233 e. The van der Waals surface area contributed by atoms with Gasteiger partial charge in [0.25, 0.3) is 0 Å². The molecule has 0 radical (unpaired) electrons. The monoisotopic (exact) mass is 497 g/mol. The van der Waals surface area contributed by atoms with Crippen LogP contribution in [0.3, 0.4) is 0 Å². The first-order valence-electron chi connectivity index (χ1n) is 10.7. The molecule has 1 aliphatic rings. The molecule has 1 N–H and O–H groups in total. The number of amides is 1. The molecule has 0 aliphatic carbocycles. The van der Waals surface area contributed by atoms with Crippen molar-refractivity contribution in [3.05, 3.63) is 53.5 Å². The van der Waals surface area contributed by atoms with Crippen LogP contribution in [0.1, 0.15) is 23.8 Å². The molecule has 1 aliphatic heterocycles. The van der Waals surface area contributed by atoms with E-state index in [9.17, 15) is 4.79 Å². The molecule has 10 heteroatoms. The second-order valence-electron chi connectivity index (χ2n) is 7.69. The predicted molar refractivity (Wildman–Crippen MR) is 135 cm³/mol. The largest absolute Gasteiger partial charge is 0.495 e. The number of likely N-dealkylation sites (tertiary alicyclic amines) is 1. The molecule has 170 valence electrons. The summed E-state index contributed by atoms with van der Waals surface area (Å²) in [5.74, 6) is 1.55. The highest BCUT2D eigenvalue weighted by Crippen LogP contribution is 2.34. The van der Waals surface area contributed by atoms with Gasteiger partial charge in [-0.25, -0.2) is 4.98 Å². The normalized spacial score (nSPS) is 16.2. The molecular formula is C23H23N5O2S3. The molecule has 0 spiro atoms. The van der Waals surface area contributed by atoms with E-state index < -0.39 is 0 Å². The summed E-state index contributed by atoms with van der Waals surface area (Å²) in [7, 11) is 1.63. The molecule has 0 bridgehead atoms. The van der Waals surface area contributed by atoms with Crippen molar-refractivity contribution >= 4 is 61.4 Å². The molecule has 4 aromatic rings. The third-order valence-electron chi connectivity index (χ3n) is 5.51. The van der Waals surface area contributed by atoms with Gasteiger partial charge in [0.05, 0.1) is 33.8 Å². The van der Waals surface area contributed by atoms with E-state index in [1.807, 2.05) is 41.3 Å². The van der Waals surface area contributed by atoms with Crippen molar-refractivity contribution in [2.45, 2.75) is 23.1 Å². The minimum atomic E-state index is 0.139. The number of hydrogen-bond acceptors (Lipinski definition) is 9. The highest BCUT2D eigenvalue weighted by molar-refractivity contribution is 8.01. The Morgan fingerprint density at radius 1 is 1.18 bits per heavy atom. The lowest BCUT2D eigenvalue weighted by atomic mass is 9.99. The lowest BCUT2D eigenvalue weighted by molar-refractivity contribution is -0.129. The lowest BCUT2D eigenvalue weighted by Crippen LogP contribution is -2.40. The van der Waals surface area contributed by atoms with Crippen molar-refractivity contribution in [2.24, 2.45) is 0 Å². The zero-order valence-electron chi connectivity index (χ0n) is 18.1. The zero-order chi connectivity index (χ0) is 22.6. The number of methoxy groups -OCH3 is 1. The molecule has 7 nitrogen and oxygen atoms in total. The Morgan fingerprint density at radius 3 is 2.91 bits per heavy atom. The van der Waals surface area contributed by atoms with Gasteiger partial charge in [0.2, 0.25) is 11.0 Å². The molecule has 1 amide bonds. The predicted octanol–water partition coefficient (Wildman–Crippen LogP) is 5.40. The number of rotatable bonds is 7. The number of carbonyl (C=O) groups is 1. The summed E-state index contributed by atoms with van der Waals surface area (Å²) in [5, 5.41) is 13.5. The summed E-state index contributed by atoms with van der Waals surface area (Å²) in [4.78, 5) is 19.7. The molecule has 2 aromatic carbocycles.